The van der Waals surface area contributed by atoms with Crippen molar-refractivity contribution in [1.82, 2.24) is 4.90 Å². The number of ketones is 1. The van der Waals surface area contributed by atoms with E-state index in [1.54, 1.807) is 0 Å². The van der Waals surface area contributed by atoms with Crippen LogP contribution in [0.3, 0.4) is 0 Å². The lowest BCUT2D eigenvalue weighted by Gasteiger charge is -2.27. The minimum absolute atomic E-state index is 0.00208. The van der Waals surface area contributed by atoms with E-state index in [2.05, 4.69) is 0 Å². The first-order valence-corrected chi connectivity index (χ1v) is 9.62. The maximum Gasteiger partial charge on any atom is 0.290 e. The van der Waals surface area contributed by atoms with Gasteiger partial charge in [-0.3, -0.25) is 9.59 Å². The number of amides is 1. The fourth-order valence-electron chi connectivity index (χ4n) is 3.63. The molecule has 3 N–H and O–H groups in total. The molecule has 29 heavy (non-hydrogen) atoms. The maximum atomic E-state index is 12.9. The monoisotopic (exact) mass is 395 g/mol. The largest absolute Gasteiger partial charge is 0.508 e. The molecule has 0 radical (unpaired) electrons. The summed E-state index contributed by atoms with van der Waals surface area (Å²) in [7, 11) is 0. The predicted octanol–water partition coefficient (Wildman–Crippen LogP) is 3.65. The van der Waals surface area contributed by atoms with Crippen LogP contribution in [-0.2, 0) is 16.0 Å². The minimum Gasteiger partial charge on any atom is -0.508 e. The van der Waals surface area contributed by atoms with Crippen LogP contribution in [0.2, 0.25) is 0 Å². The van der Waals surface area contributed by atoms with Gasteiger partial charge in [-0.05, 0) is 30.0 Å². The molecule has 1 aliphatic heterocycles. The van der Waals surface area contributed by atoms with Crippen molar-refractivity contribution in [2.75, 3.05) is 6.54 Å². The Morgan fingerprint density at radius 3 is 2.38 bits per heavy atom. The number of benzene rings is 2. The van der Waals surface area contributed by atoms with Gasteiger partial charge in [-0.2, -0.15) is 0 Å². The Balaban J connectivity index is 2.00. The first-order valence-electron chi connectivity index (χ1n) is 9.62. The third-order valence-corrected chi connectivity index (χ3v) is 4.99. The van der Waals surface area contributed by atoms with Gasteiger partial charge in [-0.25, -0.2) is 0 Å². The number of aliphatic hydroxyl groups is 1. The number of hydrogen-bond acceptors (Lipinski definition) is 5. The molecule has 3 rings (SSSR count). The van der Waals surface area contributed by atoms with Gasteiger partial charge < -0.3 is 20.2 Å². The predicted molar refractivity (Wildman–Crippen MR) is 108 cm³/mol. The van der Waals surface area contributed by atoms with Gasteiger partial charge in [0.2, 0.25) is 0 Å². The average Bonchev–Trinajstić information content (AvgIpc) is 2.91. The normalized spacial score (nSPS) is 16.7. The smallest absolute Gasteiger partial charge is 0.290 e. The fraction of sp³-hybridized carbons (Fsp3) is 0.304. The van der Waals surface area contributed by atoms with Crippen molar-refractivity contribution in [1.29, 1.82) is 0 Å². The Hall–Kier alpha value is -3.28. The van der Waals surface area contributed by atoms with Crippen LogP contribution in [-0.4, -0.2) is 38.5 Å². The van der Waals surface area contributed by atoms with Crippen molar-refractivity contribution in [2.45, 2.75) is 32.7 Å². The molecule has 0 bridgehead atoms. The number of carbonyl (C=O) groups is 2. The molecule has 1 unspecified atom stereocenters. The van der Waals surface area contributed by atoms with Crippen LogP contribution in [0.25, 0.3) is 0 Å². The van der Waals surface area contributed by atoms with Crippen molar-refractivity contribution in [3.05, 3.63) is 71.0 Å². The molecular formula is C23H25NO5. The molecule has 6 heteroatoms. The van der Waals surface area contributed by atoms with E-state index >= 15 is 0 Å². The minimum atomic E-state index is -0.905. The number of phenolic OH excluding ortho intramolecular Hbond substituents is 2. The zero-order valence-electron chi connectivity index (χ0n) is 16.5. The van der Waals surface area contributed by atoms with Gasteiger partial charge in [-0.15, -0.1) is 0 Å². The van der Waals surface area contributed by atoms with Gasteiger partial charge in [0.25, 0.3) is 5.91 Å². The van der Waals surface area contributed by atoms with Crippen LogP contribution in [0.5, 0.6) is 11.5 Å². The Kier molecular flexibility index (Phi) is 5.92. The van der Waals surface area contributed by atoms with Gasteiger partial charge in [-0.1, -0.05) is 44.2 Å². The van der Waals surface area contributed by atoms with Crippen molar-refractivity contribution < 1.29 is 24.9 Å². The molecule has 2 aromatic carbocycles. The lowest BCUT2D eigenvalue weighted by molar-refractivity contribution is -0.129. The van der Waals surface area contributed by atoms with E-state index in [9.17, 15) is 24.9 Å². The summed E-state index contributed by atoms with van der Waals surface area (Å²) in [6.45, 7) is 4.02. The number of rotatable bonds is 7. The Morgan fingerprint density at radius 2 is 1.76 bits per heavy atom. The van der Waals surface area contributed by atoms with Crippen LogP contribution < -0.4 is 0 Å². The van der Waals surface area contributed by atoms with Crippen LogP contribution in [0, 0.1) is 5.92 Å². The van der Waals surface area contributed by atoms with E-state index in [0.29, 0.717) is 12.0 Å². The molecule has 0 aliphatic carbocycles. The molecule has 0 saturated heterocycles. The topological polar surface area (TPSA) is 98.1 Å². The second kappa shape index (κ2) is 8.39. The van der Waals surface area contributed by atoms with E-state index in [1.165, 1.54) is 17.0 Å². The highest BCUT2D eigenvalue weighted by molar-refractivity contribution is 6.09. The average molecular weight is 395 g/mol. The van der Waals surface area contributed by atoms with Gasteiger partial charge in [0.15, 0.2) is 11.5 Å². The van der Waals surface area contributed by atoms with E-state index in [0.717, 1.165) is 11.6 Å². The van der Waals surface area contributed by atoms with Gasteiger partial charge in [0.05, 0.1) is 11.6 Å². The fourth-order valence-corrected chi connectivity index (χ4v) is 3.63. The number of phenols is 2. The molecule has 6 nitrogen and oxygen atoms in total. The SMILES string of the molecule is CC(C)CC(=O)C1=C(O)C(=O)N(CCc2ccccc2)C1c1ccc(O)cc1O. The summed E-state index contributed by atoms with van der Waals surface area (Å²) in [5.41, 5.74) is 1.30. The van der Waals surface area contributed by atoms with Crippen molar-refractivity contribution in [3.8, 4) is 11.5 Å². The van der Waals surface area contributed by atoms with Gasteiger partial charge >= 0.3 is 0 Å². The van der Waals surface area contributed by atoms with E-state index < -0.39 is 17.7 Å². The number of hydrogen-bond donors (Lipinski definition) is 3. The summed E-state index contributed by atoms with van der Waals surface area (Å²) in [6.07, 6.45) is 0.704. The molecule has 1 amide bonds. The lowest BCUT2D eigenvalue weighted by Crippen LogP contribution is -2.33. The Labute approximate surface area is 169 Å². The Bertz CT molecular complexity index is 949. The molecule has 1 atom stereocenters. The summed E-state index contributed by atoms with van der Waals surface area (Å²) in [5.74, 6) is -1.85. The molecular weight excluding hydrogens is 370 g/mol. The highest BCUT2D eigenvalue weighted by Gasteiger charge is 2.44. The number of nitrogens with zero attached hydrogens (tertiary/aromatic N) is 1. The van der Waals surface area contributed by atoms with Crippen LogP contribution in [0.15, 0.2) is 59.9 Å². The second-order valence-corrected chi connectivity index (χ2v) is 7.66. The maximum absolute atomic E-state index is 12.9. The molecule has 2 aromatic rings. The lowest BCUT2D eigenvalue weighted by atomic mass is 9.91. The number of aliphatic hydroxyl groups excluding tert-OH is 1. The highest BCUT2D eigenvalue weighted by Crippen LogP contribution is 2.42. The third kappa shape index (κ3) is 4.26. The number of Topliss-reactive ketones (excluding diaryl/α,β-unsaturated/α-hetero) is 1. The summed E-state index contributed by atoms with van der Waals surface area (Å²) in [4.78, 5) is 27.1. The second-order valence-electron chi connectivity index (χ2n) is 7.66. The zero-order valence-corrected chi connectivity index (χ0v) is 16.5. The van der Waals surface area contributed by atoms with Crippen LogP contribution >= 0.6 is 0 Å². The summed E-state index contributed by atoms with van der Waals surface area (Å²) in [5, 5.41) is 30.5. The summed E-state index contributed by atoms with van der Waals surface area (Å²) in [6, 6.07) is 12.7. The van der Waals surface area contributed by atoms with E-state index in [1.807, 2.05) is 44.2 Å². The van der Waals surface area contributed by atoms with Crippen molar-refractivity contribution in [3.63, 3.8) is 0 Å². The van der Waals surface area contributed by atoms with Crippen LogP contribution in [0.4, 0.5) is 0 Å². The number of carbonyl (C=O) groups excluding carboxylic acids is 2. The van der Waals surface area contributed by atoms with Crippen LogP contribution in [0.1, 0.15) is 37.4 Å². The van der Waals surface area contributed by atoms with Crippen molar-refractivity contribution in [2.24, 2.45) is 5.92 Å². The van der Waals surface area contributed by atoms with Gasteiger partial charge in [0.1, 0.15) is 11.5 Å². The van der Waals surface area contributed by atoms with E-state index in [4.69, 9.17) is 0 Å². The molecule has 0 aromatic heterocycles. The summed E-state index contributed by atoms with van der Waals surface area (Å²) >= 11 is 0. The molecule has 152 valence electrons. The molecule has 1 heterocycles. The first kappa shape index (κ1) is 20.5. The molecule has 0 spiro atoms. The van der Waals surface area contributed by atoms with Crippen molar-refractivity contribution >= 4 is 11.7 Å². The Morgan fingerprint density at radius 1 is 1.07 bits per heavy atom. The standard InChI is InChI=1S/C23H25NO5/c1-14(2)12-19(27)20-21(17-9-8-16(25)13-18(17)26)24(23(29)22(20)28)11-10-15-6-4-3-5-7-15/h3-9,13-14,21,25-26,28H,10-12H2,1-2H3. The quantitative estimate of drug-likeness (QED) is 0.665. The first-order chi connectivity index (χ1) is 13.8. The molecule has 0 saturated carbocycles. The van der Waals surface area contributed by atoms with Gasteiger partial charge in [0, 0.05) is 24.6 Å². The third-order valence-electron chi connectivity index (χ3n) is 4.99. The summed E-state index contributed by atoms with van der Waals surface area (Å²) < 4.78 is 0. The highest BCUT2D eigenvalue weighted by atomic mass is 16.3. The van der Waals surface area contributed by atoms with E-state index in [-0.39, 0.29) is 41.7 Å². The molecule has 1 aliphatic rings. The number of aromatic hydroxyl groups is 2. The zero-order chi connectivity index (χ0) is 21.1. The molecule has 0 fully saturated rings.